The first-order valence-corrected chi connectivity index (χ1v) is 7.70. The Morgan fingerprint density at radius 3 is 1.82 bits per heavy atom. The molecule has 0 aromatic rings. The summed E-state index contributed by atoms with van der Waals surface area (Å²) in [5, 5.41) is 10.8. The van der Waals surface area contributed by atoms with Crippen LogP contribution in [-0.2, 0) is 14.4 Å². The third-order valence-electron chi connectivity index (χ3n) is 3.41. The van der Waals surface area contributed by atoms with Crippen molar-refractivity contribution in [3.8, 4) is 0 Å². The lowest BCUT2D eigenvalue weighted by Crippen LogP contribution is -2.53. The molecule has 0 rings (SSSR count). The highest BCUT2D eigenvalue weighted by atomic mass is 16.2. The largest absolute Gasteiger partial charge is 0.352 e. The Morgan fingerprint density at radius 1 is 0.818 bits per heavy atom. The molecule has 0 aliphatic rings. The summed E-state index contributed by atoms with van der Waals surface area (Å²) in [5.74, 6) is -0.595. The van der Waals surface area contributed by atoms with Crippen LogP contribution in [0, 0.1) is 11.8 Å². The molecule has 0 aliphatic heterocycles. The number of likely N-dealkylation sites (N-methyl/N-ethyl adjacent to an activating group) is 1. The Labute approximate surface area is 133 Å². The lowest BCUT2D eigenvalue weighted by atomic mass is 10.0. The van der Waals surface area contributed by atoms with Gasteiger partial charge in [0.25, 0.3) is 0 Å². The summed E-state index contributed by atoms with van der Waals surface area (Å²) in [7, 11) is 1.66. The van der Waals surface area contributed by atoms with Gasteiger partial charge in [0.05, 0.1) is 13.1 Å². The smallest absolute Gasteiger partial charge is 0.243 e. The third kappa shape index (κ3) is 7.97. The van der Waals surface area contributed by atoms with E-state index >= 15 is 0 Å². The van der Waals surface area contributed by atoms with E-state index in [0.29, 0.717) is 5.92 Å². The standard InChI is InChI=1S/C15H30N4O3/c1-9(2)11(5)18-13(21)8-17-15(22)14(10(3)4)19-12(20)7-16-6/h9-11,14,16H,7-8H2,1-6H3,(H,17,22)(H,18,21)(H,19,20)/t11-,14+/m1/s1. The molecule has 2 atom stereocenters. The van der Waals surface area contributed by atoms with Gasteiger partial charge in [-0.05, 0) is 25.8 Å². The van der Waals surface area contributed by atoms with Crippen LogP contribution in [0.4, 0.5) is 0 Å². The van der Waals surface area contributed by atoms with Crippen LogP contribution >= 0.6 is 0 Å². The van der Waals surface area contributed by atoms with Gasteiger partial charge in [0, 0.05) is 6.04 Å². The number of hydrogen-bond acceptors (Lipinski definition) is 4. The molecule has 7 nitrogen and oxygen atoms in total. The highest BCUT2D eigenvalue weighted by Crippen LogP contribution is 2.02. The van der Waals surface area contributed by atoms with E-state index in [-0.39, 0.29) is 42.8 Å². The highest BCUT2D eigenvalue weighted by molar-refractivity contribution is 5.91. The number of carbonyl (C=O) groups excluding carboxylic acids is 3. The van der Waals surface area contributed by atoms with E-state index in [9.17, 15) is 14.4 Å². The van der Waals surface area contributed by atoms with E-state index in [1.165, 1.54) is 0 Å². The maximum Gasteiger partial charge on any atom is 0.243 e. The van der Waals surface area contributed by atoms with Gasteiger partial charge in [-0.15, -0.1) is 0 Å². The summed E-state index contributed by atoms with van der Waals surface area (Å²) in [5.41, 5.74) is 0. The van der Waals surface area contributed by atoms with Gasteiger partial charge in [0.2, 0.25) is 17.7 Å². The zero-order valence-corrected chi connectivity index (χ0v) is 14.4. The van der Waals surface area contributed by atoms with Crippen LogP contribution in [0.3, 0.4) is 0 Å². The molecule has 0 bridgehead atoms. The molecule has 0 fully saturated rings. The number of carbonyl (C=O) groups is 3. The molecule has 0 aromatic carbocycles. The van der Waals surface area contributed by atoms with Crippen molar-refractivity contribution in [1.29, 1.82) is 0 Å². The van der Waals surface area contributed by atoms with Gasteiger partial charge >= 0.3 is 0 Å². The molecule has 3 amide bonds. The lowest BCUT2D eigenvalue weighted by Gasteiger charge is -2.22. The van der Waals surface area contributed by atoms with Gasteiger partial charge in [0.15, 0.2) is 0 Å². The van der Waals surface area contributed by atoms with Crippen LogP contribution in [0.2, 0.25) is 0 Å². The van der Waals surface area contributed by atoms with E-state index in [1.807, 2.05) is 34.6 Å². The van der Waals surface area contributed by atoms with Crippen molar-refractivity contribution in [3.05, 3.63) is 0 Å². The van der Waals surface area contributed by atoms with E-state index in [2.05, 4.69) is 21.3 Å². The number of rotatable bonds is 9. The molecule has 0 spiro atoms. The Balaban J connectivity index is 4.40. The first-order chi connectivity index (χ1) is 10.2. The molecule has 0 aromatic heterocycles. The molecule has 0 radical (unpaired) electrons. The zero-order chi connectivity index (χ0) is 17.3. The van der Waals surface area contributed by atoms with Crippen LogP contribution in [0.25, 0.3) is 0 Å². The highest BCUT2D eigenvalue weighted by Gasteiger charge is 2.24. The SMILES string of the molecule is CNCC(=O)N[C@H](C(=O)NCC(=O)N[C@H](C)C(C)C)C(C)C. The molecule has 0 aliphatic carbocycles. The second-order valence-corrected chi connectivity index (χ2v) is 6.14. The Hall–Kier alpha value is -1.63. The van der Waals surface area contributed by atoms with Gasteiger partial charge in [-0.2, -0.15) is 0 Å². The van der Waals surface area contributed by atoms with Crippen LogP contribution < -0.4 is 21.3 Å². The normalized spacial score (nSPS) is 13.6. The van der Waals surface area contributed by atoms with Crippen molar-refractivity contribution in [1.82, 2.24) is 21.3 Å². The van der Waals surface area contributed by atoms with Crippen LogP contribution in [0.1, 0.15) is 34.6 Å². The van der Waals surface area contributed by atoms with Crippen molar-refractivity contribution in [2.45, 2.75) is 46.7 Å². The molecule has 0 saturated carbocycles. The first-order valence-electron chi connectivity index (χ1n) is 7.70. The maximum atomic E-state index is 12.1. The monoisotopic (exact) mass is 314 g/mol. The molecular formula is C15H30N4O3. The predicted molar refractivity (Wildman–Crippen MR) is 86.1 cm³/mol. The Morgan fingerprint density at radius 2 is 1.36 bits per heavy atom. The fraction of sp³-hybridized carbons (Fsp3) is 0.800. The molecule has 7 heteroatoms. The fourth-order valence-corrected chi connectivity index (χ4v) is 1.67. The second kappa shape index (κ2) is 10.2. The quantitative estimate of drug-likeness (QED) is 0.466. The summed E-state index contributed by atoms with van der Waals surface area (Å²) >= 11 is 0. The molecular weight excluding hydrogens is 284 g/mol. The van der Waals surface area contributed by atoms with Gasteiger partial charge in [-0.25, -0.2) is 0 Å². The van der Waals surface area contributed by atoms with Crippen molar-refractivity contribution in [2.24, 2.45) is 11.8 Å². The predicted octanol–water partition coefficient (Wildman–Crippen LogP) is -0.376. The summed E-state index contributed by atoms with van der Waals surface area (Å²) in [4.78, 5) is 35.5. The van der Waals surface area contributed by atoms with Crippen LogP contribution in [-0.4, -0.2) is 49.9 Å². The Kier molecular flexibility index (Phi) is 9.40. The molecule has 0 heterocycles. The van der Waals surface area contributed by atoms with Gasteiger partial charge in [-0.1, -0.05) is 27.7 Å². The van der Waals surface area contributed by atoms with Gasteiger partial charge in [-0.3, -0.25) is 14.4 Å². The molecule has 4 N–H and O–H groups in total. The lowest BCUT2D eigenvalue weighted by molar-refractivity contribution is -0.131. The number of amides is 3. The van der Waals surface area contributed by atoms with Gasteiger partial charge in [0.1, 0.15) is 6.04 Å². The van der Waals surface area contributed by atoms with E-state index < -0.39 is 6.04 Å². The van der Waals surface area contributed by atoms with E-state index in [0.717, 1.165) is 0 Å². The number of nitrogens with one attached hydrogen (secondary N) is 4. The average Bonchev–Trinajstić information content (AvgIpc) is 2.42. The molecule has 0 unspecified atom stereocenters. The van der Waals surface area contributed by atoms with Crippen molar-refractivity contribution < 1.29 is 14.4 Å². The van der Waals surface area contributed by atoms with E-state index in [1.54, 1.807) is 7.05 Å². The zero-order valence-electron chi connectivity index (χ0n) is 14.4. The van der Waals surface area contributed by atoms with Gasteiger partial charge < -0.3 is 21.3 Å². The third-order valence-corrected chi connectivity index (χ3v) is 3.41. The topological polar surface area (TPSA) is 99.3 Å². The molecule has 22 heavy (non-hydrogen) atoms. The second-order valence-electron chi connectivity index (χ2n) is 6.14. The Bertz CT molecular complexity index is 383. The van der Waals surface area contributed by atoms with Crippen molar-refractivity contribution in [2.75, 3.05) is 20.1 Å². The van der Waals surface area contributed by atoms with Crippen LogP contribution in [0.15, 0.2) is 0 Å². The summed E-state index contributed by atoms with van der Waals surface area (Å²) in [6.07, 6.45) is 0. The van der Waals surface area contributed by atoms with Crippen molar-refractivity contribution in [3.63, 3.8) is 0 Å². The van der Waals surface area contributed by atoms with Crippen molar-refractivity contribution >= 4 is 17.7 Å². The minimum absolute atomic E-state index is 0.0422. The van der Waals surface area contributed by atoms with Crippen LogP contribution in [0.5, 0.6) is 0 Å². The van der Waals surface area contributed by atoms with E-state index in [4.69, 9.17) is 0 Å². The summed E-state index contributed by atoms with van der Waals surface area (Å²) < 4.78 is 0. The molecule has 0 saturated heterocycles. The summed E-state index contributed by atoms with van der Waals surface area (Å²) in [6.45, 7) is 9.66. The number of hydrogen-bond donors (Lipinski definition) is 4. The molecule has 128 valence electrons. The maximum absolute atomic E-state index is 12.1. The summed E-state index contributed by atoms with van der Waals surface area (Å²) in [6, 6.07) is -0.614. The minimum Gasteiger partial charge on any atom is -0.352 e. The fourth-order valence-electron chi connectivity index (χ4n) is 1.67. The first kappa shape index (κ1) is 20.4. The average molecular weight is 314 g/mol. The minimum atomic E-state index is -0.656.